The van der Waals surface area contributed by atoms with Gasteiger partial charge in [-0.2, -0.15) is 0 Å². The number of benzene rings is 2. The van der Waals surface area contributed by atoms with Gasteiger partial charge in [0.05, 0.1) is 6.61 Å². The number of aliphatic hydroxyl groups excluding tert-OH is 1. The molecule has 0 unspecified atom stereocenters. The van der Waals surface area contributed by atoms with Crippen LogP contribution in [0.15, 0.2) is 48.5 Å². The van der Waals surface area contributed by atoms with Gasteiger partial charge in [0.2, 0.25) is 0 Å². The molecule has 0 aliphatic carbocycles. The highest BCUT2D eigenvalue weighted by atomic mass is 16.3. The van der Waals surface area contributed by atoms with Gasteiger partial charge in [0.1, 0.15) is 0 Å². The van der Waals surface area contributed by atoms with Crippen molar-refractivity contribution in [3.8, 4) is 0 Å². The Morgan fingerprint density at radius 3 is 2.08 bits per heavy atom. The molecule has 2 rings (SSSR count). The van der Waals surface area contributed by atoms with E-state index in [0.717, 1.165) is 11.1 Å². The van der Waals surface area contributed by atoms with Crippen molar-refractivity contribution in [3.63, 3.8) is 0 Å². The van der Waals surface area contributed by atoms with Crippen molar-refractivity contribution in [1.29, 1.82) is 0 Å². The first-order chi connectivity index (χ1) is 12.0. The van der Waals surface area contributed by atoms with E-state index in [2.05, 4.69) is 24.5 Å². The number of aliphatic hydroxyl groups is 1. The molecule has 0 saturated heterocycles. The first-order valence-electron chi connectivity index (χ1n) is 8.37. The smallest absolute Gasteiger partial charge is 0.313 e. The molecule has 5 heteroatoms. The second-order valence-corrected chi connectivity index (χ2v) is 6.21. The Labute approximate surface area is 148 Å². The van der Waals surface area contributed by atoms with E-state index in [-0.39, 0.29) is 6.61 Å². The molecule has 5 nitrogen and oxygen atoms in total. The molecule has 132 valence electrons. The third-order valence-electron chi connectivity index (χ3n) is 3.95. The summed E-state index contributed by atoms with van der Waals surface area (Å²) in [6.07, 6.45) is 0.619. The normalized spacial score (nSPS) is 10.6. The number of amides is 2. The maximum atomic E-state index is 11.9. The molecule has 0 spiro atoms. The molecule has 25 heavy (non-hydrogen) atoms. The Balaban J connectivity index is 1.78. The lowest BCUT2D eigenvalue weighted by molar-refractivity contribution is -0.136. The van der Waals surface area contributed by atoms with Crippen LogP contribution >= 0.6 is 0 Å². The average molecular weight is 340 g/mol. The summed E-state index contributed by atoms with van der Waals surface area (Å²) in [6, 6.07) is 14.9. The number of carbonyl (C=O) groups excluding carboxylic acids is 2. The Morgan fingerprint density at radius 2 is 1.52 bits per heavy atom. The van der Waals surface area contributed by atoms with Crippen molar-refractivity contribution in [2.75, 3.05) is 11.9 Å². The van der Waals surface area contributed by atoms with Crippen LogP contribution in [-0.4, -0.2) is 23.5 Å². The van der Waals surface area contributed by atoms with Gasteiger partial charge in [0, 0.05) is 12.2 Å². The Morgan fingerprint density at radius 1 is 0.920 bits per heavy atom. The largest absolute Gasteiger partial charge is 0.392 e. The van der Waals surface area contributed by atoms with E-state index in [9.17, 15) is 9.59 Å². The molecule has 0 aliphatic rings. The van der Waals surface area contributed by atoms with Crippen LogP contribution in [0, 0.1) is 0 Å². The molecule has 0 saturated carbocycles. The summed E-state index contributed by atoms with van der Waals surface area (Å²) >= 11 is 0. The molecule has 0 fully saturated rings. The summed E-state index contributed by atoms with van der Waals surface area (Å²) in [4.78, 5) is 23.8. The SMILES string of the molecule is CC(C)c1ccc(NC(=O)C(=O)NCCc2ccc(CO)cc2)cc1. The third-order valence-corrected chi connectivity index (χ3v) is 3.95. The number of hydrogen-bond acceptors (Lipinski definition) is 3. The minimum Gasteiger partial charge on any atom is -0.392 e. The summed E-state index contributed by atoms with van der Waals surface area (Å²) in [7, 11) is 0. The summed E-state index contributed by atoms with van der Waals surface area (Å²) in [5, 5.41) is 14.2. The Hall–Kier alpha value is -2.66. The van der Waals surface area contributed by atoms with Crippen molar-refractivity contribution in [2.45, 2.75) is 32.8 Å². The highest BCUT2D eigenvalue weighted by Gasteiger charge is 2.13. The number of rotatable bonds is 6. The van der Waals surface area contributed by atoms with Crippen molar-refractivity contribution < 1.29 is 14.7 Å². The predicted octanol–water partition coefficient (Wildman–Crippen LogP) is 2.60. The van der Waals surface area contributed by atoms with Gasteiger partial charge in [0.25, 0.3) is 0 Å². The zero-order chi connectivity index (χ0) is 18.2. The van der Waals surface area contributed by atoms with Crippen LogP contribution in [0.4, 0.5) is 5.69 Å². The van der Waals surface area contributed by atoms with Crippen molar-refractivity contribution in [3.05, 3.63) is 65.2 Å². The molecule has 0 heterocycles. The topological polar surface area (TPSA) is 78.4 Å². The number of hydrogen-bond donors (Lipinski definition) is 3. The van der Waals surface area contributed by atoms with Crippen LogP contribution in [0.25, 0.3) is 0 Å². The average Bonchev–Trinajstić information content (AvgIpc) is 2.62. The highest BCUT2D eigenvalue weighted by Crippen LogP contribution is 2.17. The second-order valence-electron chi connectivity index (χ2n) is 6.21. The van der Waals surface area contributed by atoms with E-state index in [4.69, 9.17) is 5.11 Å². The molecular weight excluding hydrogens is 316 g/mol. The molecule has 0 aliphatic heterocycles. The second kappa shape index (κ2) is 8.99. The van der Waals surface area contributed by atoms with Gasteiger partial charge < -0.3 is 15.7 Å². The van der Waals surface area contributed by atoms with Gasteiger partial charge in [-0.25, -0.2) is 0 Å². The van der Waals surface area contributed by atoms with Gasteiger partial charge in [-0.1, -0.05) is 50.2 Å². The lowest BCUT2D eigenvalue weighted by Gasteiger charge is -2.09. The maximum Gasteiger partial charge on any atom is 0.313 e. The molecular formula is C20H24N2O3. The molecule has 0 aromatic heterocycles. The minimum atomic E-state index is -0.673. The molecule has 2 aromatic rings. The molecule has 3 N–H and O–H groups in total. The predicted molar refractivity (Wildman–Crippen MR) is 98.2 cm³/mol. The van der Waals surface area contributed by atoms with E-state index in [1.807, 2.05) is 36.4 Å². The highest BCUT2D eigenvalue weighted by molar-refractivity contribution is 6.39. The fraction of sp³-hybridized carbons (Fsp3) is 0.300. The Kier molecular flexibility index (Phi) is 6.71. The van der Waals surface area contributed by atoms with Crippen LogP contribution in [0.3, 0.4) is 0 Å². The van der Waals surface area contributed by atoms with Gasteiger partial charge in [-0.3, -0.25) is 9.59 Å². The first kappa shape index (κ1) is 18.7. The van der Waals surface area contributed by atoms with Gasteiger partial charge in [-0.05, 0) is 41.2 Å². The van der Waals surface area contributed by atoms with Crippen LogP contribution < -0.4 is 10.6 Å². The Bertz CT molecular complexity index is 707. The molecule has 0 atom stereocenters. The summed E-state index contributed by atoms with van der Waals surface area (Å²) in [5.41, 5.74) is 3.65. The van der Waals surface area contributed by atoms with E-state index < -0.39 is 11.8 Å². The van der Waals surface area contributed by atoms with Crippen LogP contribution in [-0.2, 0) is 22.6 Å². The number of nitrogens with one attached hydrogen (secondary N) is 2. The number of anilines is 1. The quantitative estimate of drug-likeness (QED) is 0.707. The van der Waals surface area contributed by atoms with E-state index in [0.29, 0.717) is 24.6 Å². The lowest BCUT2D eigenvalue weighted by atomic mass is 10.0. The van der Waals surface area contributed by atoms with Crippen LogP contribution in [0.2, 0.25) is 0 Å². The molecule has 0 bridgehead atoms. The monoisotopic (exact) mass is 340 g/mol. The van der Waals surface area contributed by atoms with Crippen molar-refractivity contribution in [1.82, 2.24) is 5.32 Å². The molecule has 2 amide bonds. The van der Waals surface area contributed by atoms with Crippen molar-refractivity contribution in [2.24, 2.45) is 0 Å². The van der Waals surface area contributed by atoms with Crippen LogP contribution in [0.1, 0.15) is 36.5 Å². The standard InChI is InChI=1S/C20H24N2O3/c1-14(2)17-7-9-18(10-8-17)22-20(25)19(24)21-12-11-15-3-5-16(13-23)6-4-15/h3-10,14,23H,11-13H2,1-2H3,(H,21,24)(H,22,25). The summed E-state index contributed by atoms with van der Waals surface area (Å²) in [6.45, 7) is 4.57. The summed E-state index contributed by atoms with van der Waals surface area (Å²) < 4.78 is 0. The fourth-order valence-electron chi connectivity index (χ4n) is 2.35. The molecule has 0 radical (unpaired) electrons. The summed E-state index contributed by atoms with van der Waals surface area (Å²) in [5.74, 6) is -0.910. The van der Waals surface area contributed by atoms with E-state index in [1.165, 1.54) is 5.56 Å². The maximum absolute atomic E-state index is 11.9. The lowest BCUT2D eigenvalue weighted by Crippen LogP contribution is -2.36. The van der Waals surface area contributed by atoms with Gasteiger partial charge in [-0.15, -0.1) is 0 Å². The zero-order valence-corrected chi connectivity index (χ0v) is 14.6. The number of carbonyl (C=O) groups is 2. The van der Waals surface area contributed by atoms with Crippen LogP contribution in [0.5, 0.6) is 0 Å². The van der Waals surface area contributed by atoms with E-state index in [1.54, 1.807) is 12.1 Å². The minimum absolute atomic E-state index is 0.00926. The third kappa shape index (κ3) is 5.72. The molecule has 2 aromatic carbocycles. The van der Waals surface area contributed by atoms with Gasteiger partial charge >= 0.3 is 11.8 Å². The zero-order valence-electron chi connectivity index (χ0n) is 14.6. The van der Waals surface area contributed by atoms with Crippen molar-refractivity contribution >= 4 is 17.5 Å². The van der Waals surface area contributed by atoms with E-state index >= 15 is 0 Å². The first-order valence-corrected chi connectivity index (χ1v) is 8.37. The fourth-order valence-corrected chi connectivity index (χ4v) is 2.35. The van der Waals surface area contributed by atoms with Gasteiger partial charge in [0.15, 0.2) is 0 Å².